The fraction of sp³-hybridized carbons (Fsp3) is 0.121. The summed E-state index contributed by atoms with van der Waals surface area (Å²) in [6.07, 6.45) is 4.37. The average molecular weight is 735 g/mol. The average Bonchev–Trinajstić information content (AvgIpc) is 2.94. The normalized spacial score (nSPS) is 11.8. The SMILES string of the molecule is CN(C)c1ccc(C(=C2C=CC(=Nc3ccccc3)c3ccccc32)c2ccc(N(C)C)cc2)cc1.O.O.O.O=P(O)(O)O.[Mo].[OH-]. The zero-order valence-electron chi connectivity index (χ0n) is 25.9. The van der Waals surface area contributed by atoms with Crippen LogP contribution in [-0.2, 0) is 25.6 Å². The van der Waals surface area contributed by atoms with Crippen LogP contribution in [0, 0.1) is 0 Å². The van der Waals surface area contributed by atoms with E-state index in [1.165, 1.54) is 39.2 Å². The van der Waals surface area contributed by atoms with Gasteiger partial charge in [0.05, 0.1) is 11.4 Å². The van der Waals surface area contributed by atoms with Gasteiger partial charge in [0.2, 0.25) is 0 Å². The van der Waals surface area contributed by atoms with Crippen LogP contribution in [0.15, 0.2) is 120 Å². The number of hydrogen-bond donors (Lipinski definition) is 3. The maximum atomic E-state index is 8.88. The van der Waals surface area contributed by atoms with Crippen LogP contribution >= 0.6 is 7.82 Å². The molecule has 0 bridgehead atoms. The molecular weight excluding hydrogens is 693 g/mol. The molecule has 1 aliphatic carbocycles. The van der Waals surface area contributed by atoms with Gasteiger partial charge >= 0.3 is 7.82 Å². The molecule has 248 valence electrons. The summed E-state index contributed by atoms with van der Waals surface area (Å²) < 4.78 is 8.88. The molecule has 0 spiro atoms. The van der Waals surface area contributed by atoms with Crippen LogP contribution in [0.2, 0.25) is 0 Å². The number of phosphoric acid groups is 1. The van der Waals surface area contributed by atoms with E-state index >= 15 is 0 Å². The van der Waals surface area contributed by atoms with Crippen molar-refractivity contribution in [3.8, 4) is 0 Å². The van der Waals surface area contributed by atoms with Crippen LogP contribution in [-0.4, -0.2) is 70.5 Å². The van der Waals surface area contributed by atoms with Crippen molar-refractivity contribution in [2.24, 2.45) is 4.99 Å². The molecular formula is C33H41MoN3O8P-. The summed E-state index contributed by atoms with van der Waals surface area (Å²) in [6.45, 7) is 0. The Bertz CT molecular complexity index is 1580. The standard InChI is InChI=1S/C33H31N3.Mo.H3O4P.4H2O/c1-35(2)27-18-14-24(15-19-27)33(25-16-20-28(21-17-25)36(3)4)31-22-23-32(30-13-9-8-12-29(30)31)34-26-10-6-5-7-11-26;;1-5(2,3)4;;;;/h5-23H,1-4H3;;(H3,1,2,3,4);4*1H2/p-1. The molecule has 0 atom stereocenters. The molecule has 0 aromatic heterocycles. The number of rotatable bonds is 5. The minimum Gasteiger partial charge on any atom is -0.870 e. The van der Waals surface area contributed by atoms with Gasteiger partial charge in [-0.25, -0.2) is 9.56 Å². The van der Waals surface area contributed by atoms with Gasteiger partial charge in [0.1, 0.15) is 0 Å². The molecule has 11 nitrogen and oxygen atoms in total. The summed E-state index contributed by atoms with van der Waals surface area (Å²) in [5.74, 6) is 0. The van der Waals surface area contributed by atoms with Crippen molar-refractivity contribution in [2.75, 3.05) is 38.0 Å². The van der Waals surface area contributed by atoms with Crippen molar-refractivity contribution in [1.29, 1.82) is 0 Å². The minimum absolute atomic E-state index is 0. The third-order valence-corrected chi connectivity index (χ3v) is 6.52. The second kappa shape index (κ2) is 19.7. The molecule has 4 aromatic carbocycles. The van der Waals surface area contributed by atoms with Crippen LogP contribution in [0.4, 0.5) is 17.1 Å². The van der Waals surface area contributed by atoms with Crippen LogP contribution < -0.4 is 9.80 Å². The first-order valence-corrected chi connectivity index (χ1v) is 14.6. The van der Waals surface area contributed by atoms with E-state index in [1.54, 1.807) is 0 Å². The Morgan fingerprint density at radius 1 is 0.609 bits per heavy atom. The molecule has 0 aliphatic heterocycles. The largest absolute Gasteiger partial charge is 0.870 e. The molecule has 5 rings (SSSR count). The van der Waals surface area contributed by atoms with Gasteiger partial charge in [-0.15, -0.1) is 0 Å². The van der Waals surface area contributed by atoms with Crippen molar-refractivity contribution in [3.05, 3.63) is 138 Å². The van der Waals surface area contributed by atoms with Crippen molar-refractivity contribution in [3.63, 3.8) is 0 Å². The van der Waals surface area contributed by atoms with E-state index in [0.29, 0.717) is 0 Å². The number of hydrogen-bond acceptors (Lipinski definition) is 5. The Morgan fingerprint density at radius 2 is 1.00 bits per heavy atom. The zero-order chi connectivity index (χ0) is 29.6. The van der Waals surface area contributed by atoms with E-state index in [0.717, 1.165) is 17.0 Å². The van der Waals surface area contributed by atoms with Crippen LogP contribution in [0.1, 0.15) is 22.3 Å². The molecule has 0 saturated heterocycles. The third kappa shape index (κ3) is 11.9. The van der Waals surface area contributed by atoms with E-state index in [-0.39, 0.29) is 43.0 Å². The Morgan fingerprint density at radius 3 is 1.41 bits per heavy atom. The predicted octanol–water partition coefficient (Wildman–Crippen LogP) is 3.89. The summed E-state index contributed by atoms with van der Waals surface area (Å²) in [6, 6.07) is 36.4. The number of para-hydroxylation sites is 1. The van der Waals surface area contributed by atoms with E-state index in [4.69, 9.17) is 24.2 Å². The van der Waals surface area contributed by atoms with Crippen LogP contribution in [0.3, 0.4) is 0 Å². The molecule has 0 heterocycles. The molecule has 0 unspecified atom stereocenters. The smallest absolute Gasteiger partial charge is 0.466 e. The van der Waals surface area contributed by atoms with Crippen molar-refractivity contribution >= 4 is 41.7 Å². The Kier molecular flexibility index (Phi) is 19.0. The van der Waals surface area contributed by atoms with Gasteiger partial charge in [-0.05, 0) is 70.3 Å². The molecule has 46 heavy (non-hydrogen) atoms. The van der Waals surface area contributed by atoms with Crippen molar-refractivity contribution in [2.45, 2.75) is 0 Å². The van der Waals surface area contributed by atoms with Crippen molar-refractivity contribution in [1.82, 2.24) is 0 Å². The summed E-state index contributed by atoms with van der Waals surface area (Å²) in [5, 5.41) is 0. The Labute approximate surface area is 283 Å². The topological polar surface area (TPSA) is 221 Å². The van der Waals surface area contributed by atoms with Gasteiger partial charge < -0.3 is 46.4 Å². The Hall–Kier alpha value is -3.73. The van der Waals surface area contributed by atoms with Gasteiger partial charge in [-0.2, -0.15) is 0 Å². The minimum atomic E-state index is -4.64. The van der Waals surface area contributed by atoms with Gasteiger partial charge in [0, 0.05) is 66.2 Å². The molecule has 0 radical (unpaired) electrons. The van der Waals surface area contributed by atoms with Crippen LogP contribution in [0.5, 0.6) is 0 Å². The van der Waals surface area contributed by atoms with E-state index < -0.39 is 7.82 Å². The van der Waals surface area contributed by atoms with E-state index in [1.807, 2.05) is 30.3 Å². The summed E-state index contributed by atoms with van der Waals surface area (Å²) >= 11 is 0. The number of benzene rings is 4. The van der Waals surface area contributed by atoms with Crippen LogP contribution in [0.25, 0.3) is 11.1 Å². The fourth-order valence-corrected chi connectivity index (χ4v) is 4.57. The first-order chi connectivity index (χ1) is 19.5. The quantitative estimate of drug-likeness (QED) is 0.203. The summed E-state index contributed by atoms with van der Waals surface area (Å²) in [7, 11) is 3.65. The first-order valence-electron chi connectivity index (χ1n) is 13.0. The zero-order valence-corrected chi connectivity index (χ0v) is 28.8. The van der Waals surface area contributed by atoms with E-state index in [2.05, 4.69) is 123 Å². The molecule has 13 heteroatoms. The maximum Gasteiger partial charge on any atom is 0.466 e. The fourth-order valence-electron chi connectivity index (χ4n) is 4.57. The second-order valence-corrected chi connectivity index (χ2v) is 10.9. The monoisotopic (exact) mass is 736 g/mol. The third-order valence-electron chi connectivity index (χ3n) is 6.52. The maximum absolute atomic E-state index is 8.88. The molecule has 10 N–H and O–H groups in total. The number of anilines is 2. The van der Waals surface area contributed by atoms with Crippen molar-refractivity contribution < 1.29 is 62.2 Å². The second-order valence-electron chi connectivity index (χ2n) is 9.90. The van der Waals surface area contributed by atoms with Gasteiger partial charge in [-0.1, -0.05) is 72.8 Å². The number of aliphatic imine (C=N–C) groups is 1. The van der Waals surface area contributed by atoms with Gasteiger partial charge in [0.25, 0.3) is 0 Å². The number of fused-ring (bicyclic) bond motifs is 1. The Balaban J connectivity index is 0. The summed E-state index contributed by atoms with van der Waals surface area (Å²) in [4.78, 5) is 30.8. The first kappa shape index (κ1) is 44.4. The molecule has 1 aliphatic rings. The number of allylic oxidation sites excluding steroid dienone is 3. The number of nitrogens with zero attached hydrogens (tertiary/aromatic N) is 3. The van der Waals surface area contributed by atoms with Gasteiger partial charge in [-0.3, -0.25) is 0 Å². The molecule has 0 fully saturated rings. The molecule has 4 aromatic rings. The van der Waals surface area contributed by atoms with Gasteiger partial charge in [0.15, 0.2) is 0 Å². The summed E-state index contributed by atoms with van der Waals surface area (Å²) in [5.41, 5.74) is 11.4. The molecule has 0 saturated carbocycles. The predicted molar refractivity (Wildman–Crippen MR) is 183 cm³/mol. The molecule has 0 amide bonds. The van der Waals surface area contributed by atoms with E-state index in [9.17, 15) is 0 Å².